The van der Waals surface area contributed by atoms with Crippen LogP contribution >= 0.6 is 0 Å². The van der Waals surface area contributed by atoms with Crippen molar-refractivity contribution < 1.29 is 18.7 Å². The highest BCUT2D eigenvalue weighted by Gasteiger charge is 2.09. The number of esters is 1. The molecule has 4 nitrogen and oxygen atoms in total. The molecule has 2 aromatic carbocycles. The molecule has 0 unspecified atom stereocenters. The number of benzene rings is 2. The lowest BCUT2D eigenvalue weighted by molar-refractivity contribution is -0.135. The summed E-state index contributed by atoms with van der Waals surface area (Å²) in [6, 6.07) is 12.8. The Morgan fingerprint density at radius 3 is 2.64 bits per heavy atom. The van der Waals surface area contributed by atoms with E-state index >= 15 is 0 Å². The molecule has 114 valence electrons. The summed E-state index contributed by atoms with van der Waals surface area (Å²) in [6.07, 6.45) is 0.00941. The largest absolute Gasteiger partial charge is 0.425 e. The number of hydrogen-bond donors (Lipinski definition) is 1. The monoisotopic (exact) mass is 301 g/mol. The first-order chi connectivity index (χ1) is 10.5. The number of halogens is 1. The second-order valence-electron chi connectivity index (χ2n) is 4.87. The van der Waals surface area contributed by atoms with Crippen LogP contribution in [0.25, 0.3) is 0 Å². The molecular formula is C17H16FNO3. The Morgan fingerprint density at radius 1 is 1.14 bits per heavy atom. The van der Waals surface area contributed by atoms with Gasteiger partial charge in [-0.25, -0.2) is 9.18 Å². The molecule has 0 saturated carbocycles. The number of amides is 1. The molecule has 0 atom stereocenters. The summed E-state index contributed by atoms with van der Waals surface area (Å²) >= 11 is 0. The van der Waals surface area contributed by atoms with Crippen LogP contribution in [0, 0.1) is 12.7 Å². The first-order valence-electron chi connectivity index (χ1n) is 6.81. The smallest absolute Gasteiger partial charge is 0.330 e. The number of nitrogens with one attached hydrogen (secondary N) is 1. The highest BCUT2D eigenvalue weighted by molar-refractivity contribution is 5.84. The van der Waals surface area contributed by atoms with Gasteiger partial charge >= 0.3 is 5.97 Å². The van der Waals surface area contributed by atoms with Crippen LogP contribution in [0.3, 0.4) is 0 Å². The molecule has 0 fully saturated rings. The number of carbonyl (C=O) groups excluding carboxylic acids is 2. The van der Waals surface area contributed by atoms with Crippen LogP contribution in [0.15, 0.2) is 48.5 Å². The number of rotatable bonds is 5. The van der Waals surface area contributed by atoms with Crippen molar-refractivity contribution >= 4 is 11.9 Å². The average Bonchev–Trinajstić information content (AvgIpc) is 2.45. The topological polar surface area (TPSA) is 55.4 Å². The lowest BCUT2D eigenvalue weighted by Gasteiger charge is -2.07. The molecule has 2 aromatic rings. The van der Waals surface area contributed by atoms with E-state index in [1.807, 2.05) is 13.0 Å². The maximum absolute atomic E-state index is 13.0. The van der Waals surface area contributed by atoms with Gasteiger partial charge in [-0.2, -0.15) is 0 Å². The maximum atomic E-state index is 13.0. The molecule has 2 rings (SSSR count). The summed E-state index contributed by atoms with van der Waals surface area (Å²) in [4.78, 5) is 23.3. The number of carbonyl (C=O) groups is 2. The summed E-state index contributed by atoms with van der Waals surface area (Å²) in [7, 11) is 0. The van der Waals surface area contributed by atoms with Crippen LogP contribution in [-0.4, -0.2) is 18.4 Å². The molecule has 1 N–H and O–H groups in total. The van der Waals surface area contributed by atoms with E-state index in [2.05, 4.69) is 5.32 Å². The van der Waals surface area contributed by atoms with Crippen molar-refractivity contribution in [1.82, 2.24) is 5.32 Å². The summed E-state index contributed by atoms with van der Waals surface area (Å²) < 4.78 is 18.1. The fourth-order valence-corrected chi connectivity index (χ4v) is 1.91. The summed E-state index contributed by atoms with van der Waals surface area (Å²) in [5.74, 6) is -0.890. The molecule has 1 amide bonds. The highest BCUT2D eigenvalue weighted by Crippen LogP contribution is 2.12. The van der Waals surface area contributed by atoms with E-state index in [1.165, 1.54) is 18.2 Å². The Morgan fingerprint density at radius 2 is 1.91 bits per heavy atom. The van der Waals surface area contributed by atoms with Crippen LogP contribution in [0.2, 0.25) is 0 Å². The van der Waals surface area contributed by atoms with Gasteiger partial charge in [-0.05, 0) is 42.3 Å². The third-order valence-corrected chi connectivity index (χ3v) is 2.90. The van der Waals surface area contributed by atoms with Crippen molar-refractivity contribution in [2.45, 2.75) is 13.3 Å². The molecule has 0 bridgehead atoms. The predicted molar refractivity (Wildman–Crippen MR) is 79.9 cm³/mol. The van der Waals surface area contributed by atoms with Crippen molar-refractivity contribution in [3.8, 4) is 5.75 Å². The number of aryl methyl sites for hydroxylation is 1. The SMILES string of the molecule is Cc1cccc(OC(=O)CNC(=O)Cc2cccc(F)c2)c1. The van der Waals surface area contributed by atoms with Crippen LogP contribution in [0.4, 0.5) is 4.39 Å². The molecule has 5 heteroatoms. The Balaban J connectivity index is 1.79. The molecule has 0 radical (unpaired) electrons. The Labute approximate surface area is 127 Å². The molecule has 0 spiro atoms. The van der Waals surface area contributed by atoms with Gasteiger partial charge in [0.25, 0.3) is 0 Å². The molecule has 0 aliphatic rings. The van der Waals surface area contributed by atoms with Crippen LogP contribution in [0.5, 0.6) is 5.75 Å². The van der Waals surface area contributed by atoms with Crippen molar-refractivity contribution in [1.29, 1.82) is 0 Å². The van der Waals surface area contributed by atoms with Crippen molar-refractivity contribution in [3.05, 3.63) is 65.5 Å². The highest BCUT2D eigenvalue weighted by atomic mass is 19.1. The fourth-order valence-electron chi connectivity index (χ4n) is 1.91. The third kappa shape index (κ3) is 5.01. The van der Waals surface area contributed by atoms with Gasteiger partial charge < -0.3 is 10.1 Å². The third-order valence-electron chi connectivity index (χ3n) is 2.90. The minimum absolute atomic E-state index is 0.00941. The predicted octanol–water partition coefficient (Wildman–Crippen LogP) is 2.40. The minimum Gasteiger partial charge on any atom is -0.425 e. The van der Waals surface area contributed by atoms with Gasteiger partial charge in [0.05, 0.1) is 6.42 Å². The van der Waals surface area contributed by atoms with Gasteiger partial charge in [0.1, 0.15) is 18.1 Å². The van der Waals surface area contributed by atoms with E-state index in [4.69, 9.17) is 4.74 Å². The van der Waals surface area contributed by atoms with E-state index in [0.717, 1.165) is 5.56 Å². The van der Waals surface area contributed by atoms with E-state index < -0.39 is 11.8 Å². The normalized spacial score (nSPS) is 10.1. The lowest BCUT2D eigenvalue weighted by atomic mass is 10.1. The molecule has 22 heavy (non-hydrogen) atoms. The zero-order valence-corrected chi connectivity index (χ0v) is 12.1. The fraction of sp³-hybridized carbons (Fsp3) is 0.176. The second-order valence-corrected chi connectivity index (χ2v) is 4.87. The molecular weight excluding hydrogens is 285 g/mol. The Bertz CT molecular complexity index is 626. The van der Waals surface area contributed by atoms with Crippen molar-refractivity contribution in [2.75, 3.05) is 6.54 Å². The van der Waals surface area contributed by atoms with Crippen molar-refractivity contribution in [2.24, 2.45) is 0 Å². The van der Waals surface area contributed by atoms with Gasteiger partial charge in [0, 0.05) is 0 Å². The number of hydrogen-bond acceptors (Lipinski definition) is 3. The van der Waals surface area contributed by atoms with E-state index in [0.29, 0.717) is 11.3 Å². The van der Waals surface area contributed by atoms with E-state index in [-0.39, 0.29) is 18.9 Å². The molecule has 0 heterocycles. The van der Waals surface area contributed by atoms with Gasteiger partial charge in [-0.1, -0.05) is 24.3 Å². The quantitative estimate of drug-likeness (QED) is 0.681. The van der Waals surface area contributed by atoms with Crippen molar-refractivity contribution in [3.63, 3.8) is 0 Å². The molecule has 0 aromatic heterocycles. The standard InChI is InChI=1S/C17H16FNO3/c1-12-4-2-7-15(8-12)22-17(21)11-19-16(20)10-13-5-3-6-14(18)9-13/h2-9H,10-11H2,1H3,(H,19,20). The average molecular weight is 301 g/mol. The first kappa shape index (κ1) is 15.7. The van der Waals surface area contributed by atoms with Crippen LogP contribution < -0.4 is 10.1 Å². The van der Waals surface area contributed by atoms with Gasteiger partial charge in [0.2, 0.25) is 5.91 Å². The minimum atomic E-state index is -0.557. The van der Waals surface area contributed by atoms with Gasteiger partial charge in [-0.3, -0.25) is 4.79 Å². The van der Waals surface area contributed by atoms with Crippen LogP contribution in [-0.2, 0) is 16.0 Å². The molecule has 0 saturated heterocycles. The first-order valence-corrected chi connectivity index (χ1v) is 6.81. The molecule has 0 aliphatic carbocycles. The summed E-state index contributed by atoms with van der Waals surface area (Å²) in [6.45, 7) is 1.65. The van der Waals surface area contributed by atoms with E-state index in [9.17, 15) is 14.0 Å². The Kier molecular flexibility index (Phi) is 5.25. The summed E-state index contributed by atoms with van der Waals surface area (Å²) in [5, 5.41) is 2.45. The summed E-state index contributed by atoms with van der Waals surface area (Å²) in [5.41, 5.74) is 1.52. The lowest BCUT2D eigenvalue weighted by Crippen LogP contribution is -2.32. The van der Waals surface area contributed by atoms with E-state index in [1.54, 1.807) is 24.3 Å². The van der Waals surface area contributed by atoms with Gasteiger partial charge in [-0.15, -0.1) is 0 Å². The zero-order valence-electron chi connectivity index (χ0n) is 12.1. The maximum Gasteiger partial charge on any atom is 0.330 e. The number of ether oxygens (including phenoxy) is 1. The second kappa shape index (κ2) is 7.36. The zero-order chi connectivity index (χ0) is 15.9. The van der Waals surface area contributed by atoms with Gasteiger partial charge in [0.15, 0.2) is 0 Å². The Hall–Kier alpha value is -2.69. The van der Waals surface area contributed by atoms with Crippen LogP contribution in [0.1, 0.15) is 11.1 Å². The molecule has 0 aliphatic heterocycles.